The van der Waals surface area contributed by atoms with Gasteiger partial charge in [0.15, 0.2) is 0 Å². The second-order valence-electron chi connectivity index (χ2n) is 5.94. The van der Waals surface area contributed by atoms with Crippen LogP contribution in [0.4, 0.5) is 0 Å². The van der Waals surface area contributed by atoms with Gasteiger partial charge in [0.05, 0.1) is 6.42 Å². The molecule has 1 amide bonds. The highest BCUT2D eigenvalue weighted by molar-refractivity contribution is 5.79. The Morgan fingerprint density at radius 1 is 1.09 bits per heavy atom. The Bertz CT molecular complexity index is 639. The van der Waals surface area contributed by atoms with E-state index in [9.17, 15) is 4.79 Å². The van der Waals surface area contributed by atoms with Gasteiger partial charge < -0.3 is 10.6 Å². The van der Waals surface area contributed by atoms with E-state index in [0.29, 0.717) is 18.9 Å². The molecule has 0 aliphatic carbocycles. The molecule has 2 N–H and O–H groups in total. The maximum absolute atomic E-state index is 12.5. The van der Waals surface area contributed by atoms with Gasteiger partial charge in [-0.2, -0.15) is 0 Å². The molecule has 1 aliphatic heterocycles. The number of hydrogen-bond acceptors (Lipinski definition) is 2. The number of amides is 1. The first kappa shape index (κ1) is 14.8. The fraction of sp³-hybridized carbons (Fsp3) is 0.316. The Balaban J connectivity index is 1.62. The van der Waals surface area contributed by atoms with E-state index in [1.165, 1.54) is 5.56 Å². The zero-order valence-corrected chi connectivity index (χ0v) is 12.7. The molecular formula is C19H22N2O. The van der Waals surface area contributed by atoms with Gasteiger partial charge >= 0.3 is 0 Å². The molecule has 22 heavy (non-hydrogen) atoms. The third-order valence-corrected chi connectivity index (χ3v) is 4.39. The van der Waals surface area contributed by atoms with E-state index in [2.05, 4.69) is 24.3 Å². The molecule has 1 heterocycles. The molecule has 0 bridgehead atoms. The van der Waals surface area contributed by atoms with Crippen molar-refractivity contribution >= 4 is 5.91 Å². The third-order valence-electron chi connectivity index (χ3n) is 4.39. The molecule has 1 saturated heterocycles. The van der Waals surface area contributed by atoms with Crippen molar-refractivity contribution < 1.29 is 4.79 Å². The number of carbonyl (C=O) groups is 1. The van der Waals surface area contributed by atoms with E-state index in [1.54, 1.807) is 0 Å². The predicted molar refractivity (Wildman–Crippen MR) is 88.4 cm³/mol. The standard InChI is InChI=1S/C19H22N2O/c20-13-16-6-4-5-15(11-16)12-19(22)21-10-9-18(14-21)17-7-2-1-3-8-17/h1-8,11,18H,9-10,12-14,20H2. The Hall–Kier alpha value is -2.13. The molecule has 0 saturated carbocycles. The first-order valence-corrected chi connectivity index (χ1v) is 7.87. The number of rotatable bonds is 4. The maximum Gasteiger partial charge on any atom is 0.227 e. The van der Waals surface area contributed by atoms with Crippen LogP contribution in [-0.2, 0) is 17.8 Å². The van der Waals surface area contributed by atoms with Crippen molar-refractivity contribution in [3.63, 3.8) is 0 Å². The van der Waals surface area contributed by atoms with Crippen LogP contribution in [0.2, 0.25) is 0 Å². The second kappa shape index (κ2) is 6.75. The van der Waals surface area contributed by atoms with E-state index in [4.69, 9.17) is 5.73 Å². The molecule has 1 unspecified atom stereocenters. The smallest absolute Gasteiger partial charge is 0.227 e. The summed E-state index contributed by atoms with van der Waals surface area (Å²) in [6.07, 6.45) is 1.52. The van der Waals surface area contributed by atoms with Crippen molar-refractivity contribution in [1.29, 1.82) is 0 Å². The first-order chi connectivity index (χ1) is 10.8. The summed E-state index contributed by atoms with van der Waals surface area (Å²) in [5.74, 6) is 0.688. The average molecular weight is 294 g/mol. The van der Waals surface area contributed by atoms with Crippen LogP contribution in [0.15, 0.2) is 54.6 Å². The minimum atomic E-state index is 0.215. The van der Waals surface area contributed by atoms with Crippen molar-refractivity contribution in [2.24, 2.45) is 5.73 Å². The summed E-state index contributed by atoms with van der Waals surface area (Å²) in [5, 5.41) is 0. The number of nitrogens with two attached hydrogens (primary N) is 1. The van der Waals surface area contributed by atoms with Gasteiger partial charge in [0.2, 0.25) is 5.91 Å². The molecule has 3 nitrogen and oxygen atoms in total. The Morgan fingerprint density at radius 3 is 2.64 bits per heavy atom. The molecule has 2 aromatic rings. The first-order valence-electron chi connectivity index (χ1n) is 7.87. The van der Waals surface area contributed by atoms with Crippen LogP contribution < -0.4 is 5.73 Å². The van der Waals surface area contributed by atoms with Gasteiger partial charge in [0.25, 0.3) is 0 Å². The summed E-state index contributed by atoms with van der Waals surface area (Å²) in [6, 6.07) is 18.5. The van der Waals surface area contributed by atoms with Crippen LogP contribution in [0.25, 0.3) is 0 Å². The SMILES string of the molecule is NCc1cccc(CC(=O)N2CCC(c3ccccc3)C2)c1. The Kier molecular flexibility index (Phi) is 4.54. The molecule has 1 atom stereocenters. The van der Waals surface area contributed by atoms with Gasteiger partial charge in [-0.15, -0.1) is 0 Å². The lowest BCUT2D eigenvalue weighted by Crippen LogP contribution is -2.29. The van der Waals surface area contributed by atoms with E-state index in [0.717, 1.165) is 30.6 Å². The maximum atomic E-state index is 12.5. The molecule has 1 fully saturated rings. The van der Waals surface area contributed by atoms with Crippen molar-refractivity contribution in [3.8, 4) is 0 Å². The van der Waals surface area contributed by atoms with Gasteiger partial charge in [0.1, 0.15) is 0 Å². The number of carbonyl (C=O) groups excluding carboxylic acids is 1. The van der Waals surface area contributed by atoms with Crippen LogP contribution in [0.5, 0.6) is 0 Å². The van der Waals surface area contributed by atoms with Crippen molar-refractivity contribution in [1.82, 2.24) is 4.90 Å². The number of likely N-dealkylation sites (tertiary alicyclic amines) is 1. The van der Waals surface area contributed by atoms with E-state index >= 15 is 0 Å². The van der Waals surface area contributed by atoms with Crippen LogP contribution in [0.1, 0.15) is 29.0 Å². The van der Waals surface area contributed by atoms with Crippen LogP contribution in [0, 0.1) is 0 Å². The highest BCUT2D eigenvalue weighted by atomic mass is 16.2. The molecule has 114 valence electrons. The Morgan fingerprint density at radius 2 is 1.86 bits per heavy atom. The second-order valence-corrected chi connectivity index (χ2v) is 5.94. The zero-order valence-electron chi connectivity index (χ0n) is 12.7. The summed E-state index contributed by atoms with van der Waals surface area (Å²) in [7, 11) is 0. The normalized spacial score (nSPS) is 17.7. The fourth-order valence-corrected chi connectivity index (χ4v) is 3.14. The Labute approximate surface area is 131 Å². The molecule has 0 spiro atoms. The molecule has 0 radical (unpaired) electrons. The van der Waals surface area contributed by atoms with Crippen LogP contribution in [-0.4, -0.2) is 23.9 Å². The van der Waals surface area contributed by atoms with Gasteiger partial charge in [-0.1, -0.05) is 54.6 Å². The van der Waals surface area contributed by atoms with Crippen molar-refractivity contribution in [2.75, 3.05) is 13.1 Å². The quantitative estimate of drug-likeness (QED) is 0.942. The van der Waals surface area contributed by atoms with E-state index < -0.39 is 0 Å². The van der Waals surface area contributed by atoms with Gasteiger partial charge in [0, 0.05) is 25.6 Å². The van der Waals surface area contributed by atoms with Gasteiger partial charge in [-0.25, -0.2) is 0 Å². The van der Waals surface area contributed by atoms with E-state index in [1.807, 2.05) is 35.2 Å². The minimum absolute atomic E-state index is 0.215. The largest absolute Gasteiger partial charge is 0.342 e. The highest BCUT2D eigenvalue weighted by Gasteiger charge is 2.26. The van der Waals surface area contributed by atoms with Crippen molar-refractivity contribution in [3.05, 3.63) is 71.3 Å². The molecule has 0 aromatic heterocycles. The molecule has 2 aromatic carbocycles. The lowest BCUT2D eigenvalue weighted by atomic mass is 9.99. The van der Waals surface area contributed by atoms with Gasteiger partial charge in [-0.3, -0.25) is 4.79 Å². The lowest BCUT2D eigenvalue weighted by Gasteiger charge is -2.17. The predicted octanol–water partition coefficient (Wildman–Crippen LogP) is 2.70. The molecule has 3 heteroatoms. The highest BCUT2D eigenvalue weighted by Crippen LogP contribution is 2.27. The summed E-state index contributed by atoms with van der Waals surface area (Å²) in [4.78, 5) is 14.5. The summed E-state index contributed by atoms with van der Waals surface area (Å²) in [5.41, 5.74) is 9.12. The van der Waals surface area contributed by atoms with Gasteiger partial charge in [-0.05, 0) is 23.1 Å². The number of nitrogens with zero attached hydrogens (tertiary/aromatic N) is 1. The average Bonchev–Trinajstić information content (AvgIpc) is 3.06. The fourth-order valence-electron chi connectivity index (χ4n) is 3.14. The monoisotopic (exact) mass is 294 g/mol. The molecular weight excluding hydrogens is 272 g/mol. The minimum Gasteiger partial charge on any atom is -0.342 e. The summed E-state index contributed by atoms with van der Waals surface area (Å²) >= 11 is 0. The molecule has 1 aliphatic rings. The van der Waals surface area contributed by atoms with Crippen molar-refractivity contribution in [2.45, 2.75) is 25.3 Å². The number of hydrogen-bond donors (Lipinski definition) is 1. The summed E-state index contributed by atoms with van der Waals surface area (Å²) in [6.45, 7) is 2.20. The topological polar surface area (TPSA) is 46.3 Å². The van der Waals surface area contributed by atoms with Crippen LogP contribution >= 0.6 is 0 Å². The lowest BCUT2D eigenvalue weighted by molar-refractivity contribution is -0.129. The molecule has 3 rings (SSSR count). The third kappa shape index (κ3) is 3.37. The number of benzene rings is 2. The summed E-state index contributed by atoms with van der Waals surface area (Å²) < 4.78 is 0. The van der Waals surface area contributed by atoms with Crippen LogP contribution in [0.3, 0.4) is 0 Å². The zero-order chi connectivity index (χ0) is 15.4. The van der Waals surface area contributed by atoms with E-state index in [-0.39, 0.29) is 5.91 Å².